The second kappa shape index (κ2) is 5.45. The summed E-state index contributed by atoms with van der Waals surface area (Å²) in [5.74, 6) is 0. The fourth-order valence-corrected chi connectivity index (χ4v) is 6.14. The first-order chi connectivity index (χ1) is 7.16. The van der Waals surface area contributed by atoms with Crippen molar-refractivity contribution in [3.63, 3.8) is 0 Å². The first kappa shape index (κ1) is 12.3. The minimum Gasteiger partial charge on any atom is -0.152 e. The summed E-state index contributed by atoms with van der Waals surface area (Å²) in [5, 5.41) is 4.32. The molecule has 2 aromatic rings. The number of hydrogen-bond donors (Lipinski definition) is 0. The average Bonchev–Trinajstić information content (AvgIpc) is 2.75. The van der Waals surface area contributed by atoms with Gasteiger partial charge in [0.1, 0.15) is 0 Å². The molecule has 0 aliphatic heterocycles. The molecule has 0 saturated heterocycles. The third-order valence-corrected chi connectivity index (χ3v) is 5.95. The Hall–Kier alpha value is 0.840. The van der Waals surface area contributed by atoms with Crippen LogP contribution < -0.4 is 0 Å². The molecular weight excluding hydrogens is 424 g/mol. The molecule has 2 heterocycles. The molecule has 2 aromatic heterocycles. The van der Waals surface area contributed by atoms with E-state index in [9.17, 15) is 0 Å². The maximum Gasteiger partial charge on any atom is 0.0753 e. The Bertz CT molecular complexity index is 433. The molecule has 0 aliphatic rings. The zero-order valence-electron chi connectivity index (χ0n) is 7.54. The second-order valence-electron chi connectivity index (χ2n) is 3.08. The number of rotatable bonds is 3. The molecule has 5 heteroatoms. The van der Waals surface area contributed by atoms with Gasteiger partial charge < -0.3 is 0 Å². The predicted octanol–water partition coefficient (Wildman–Crippen LogP) is 6.01. The summed E-state index contributed by atoms with van der Waals surface area (Å²) < 4.78 is 2.37. The fraction of sp³-hybridized carbons (Fsp3) is 0.200. The van der Waals surface area contributed by atoms with E-state index in [1.54, 1.807) is 22.7 Å². The summed E-state index contributed by atoms with van der Waals surface area (Å²) >= 11 is 14.3. The van der Waals surface area contributed by atoms with Crippen molar-refractivity contribution in [1.82, 2.24) is 0 Å². The van der Waals surface area contributed by atoms with Crippen molar-refractivity contribution >= 4 is 70.5 Å². The lowest BCUT2D eigenvalue weighted by molar-refractivity contribution is 0.955. The molecule has 0 aliphatic carbocycles. The highest BCUT2D eigenvalue weighted by atomic mass is 79.9. The highest BCUT2D eigenvalue weighted by Crippen LogP contribution is 2.40. The van der Waals surface area contributed by atoms with Crippen molar-refractivity contribution in [2.75, 3.05) is 0 Å². The van der Waals surface area contributed by atoms with Crippen LogP contribution in [0.5, 0.6) is 0 Å². The maximum absolute atomic E-state index is 3.73. The SMILES string of the molecule is Brc1cc(C(Br)Cc2ccsc2)c(Br)s1. The van der Waals surface area contributed by atoms with E-state index < -0.39 is 0 Å². The molecule has 0 amide bonds. The summed E-state index contributed by atoms with van der Waals surface area (Å²) in [5.41, 5.74) is 2.70. The van der Waals surface area contributed by atoms with E-state index in [0.717, 1.165) is 6.42 Å². The van der Waals surface area contributed by atoms with Crippen LogP contribution in [0.2, 0.25) is 0 Å². The number of thiophene rings is 2. The summed E-state index contributed by atoms with van der Waals surface area (Å²) in [6, 6.07) is 4.34. The van der Waals surface area contributed by atoms with E-state index in [2.05, 4.69) is 70.7 Å². The molecule has 0 spiro atoms. The number of alkyl halides is 1. The van der Waals surface area contributed by atoms with Crippen LogP contribution in [0, 0.1) is 0 Å². The molecular formula is C10H7Br3S2. The molecule has 0 fully saturated rings. The summed E-state index contributed by atoms with van der Waals surface area (Å²) in [6.45, 7) is 0. The van der Waals surface area contributed by atoms with Crippen molar-refractivity contribution in [1.29, 1.82) is 0 Å². The molecule has 1 unspecified atom stereocenters. The minimum absolute atomic E-state index is 0.379. The topological polar surface area (TPSA) is 0 Å². The molecule has 80 valence electrons. The number of halogens is 3. The first-order valence-corrected chi connectivity index (χ1v) is 8.53. The summed E-state index contributed by atoms with van der Waals surface area (Å²) in [4.78, 5) is 0.379. The fourth-order valence-electron chi connectivity index (χ4n) is 1.29. The van der Waals surface area contributed by atoms with Gasteiger partial charge >= 0.3 is 0 Å². The van der Waals surface area contributed by atoms with Gasteiger partial charge in [0.15, 0.2) is 0 Å². The van der Waals surface area contributed by atoms with Gasteiger partial charge in [-0.1, -0.05) is 15.9 Å². The van der Waals surface area contributed by atoms with Gasteiger partial charge in [0.05, 0.1) is 7.57 Å². The van der Waals surface area contributed by atoms with Crippen LogP contribution in [-0.4, -0.2) is 0 Å². The van der Waals surface area contributed by atoms with Crippen molar-refractivity contribution in [2.24, 2.45) is 0 Å². The van der Waals surface area contributed by atoms with E-state index in [-0.39, 0.29) is 0 Å². The Morgan fingerprint density at radius 1 is 1.33 bits per heavy atom. The Labute approximate surface area is 122 Å². The predicted molar refractivity (Wildman–Crippen MR) is 79.4 cm³/mol. The minimum atomic E-state index is 0.379. The lowest BCUT2D eigenvalue weighted by Gasteiger charge is -2.07. The maximum atomic E-state index is 3.73. The highest BCUT2D eigenvalue weighted by molar-refractivity contribution is 9.12. The second-order valence-corrected chi connectivity index (χ2v) is 8.72. The molecule has 15 heavy (non-hydrogen) atoms. The molecule has 0 radical (unpaired) electrons. The van der Waals surface area contributed by atoms with Gasteiger partial charge in [0.2, 0.25) is 0 Å². The van der Waals surface area contributed by atoms with Gasteiger partial charge in [-0.15, -0.1) is 11.3 Å². The summed E-state index contributed by atoms with van der Waals surface area (Å²) in [7, 11) is 0. The normalized spacial score (nSPS) is 13.0. The Kier molecular flexibility index (Phi) is 4.47. The number of hydrogen-bond acceptors (Lipinski definition) is 2. The van der Waals surface area contributed by atoms with Crippen molar-refractivity contribution in [2.45, 2.75) is 11.2 Å². The summed E-state index contributed by atoms with van der Waals surface area (Å²) in [6.07, 6.45) is 1.03. The molecule has 0 aromatic carbocycles. The van der Waals surface area contributed by atoms with Crippen LogP contribution in [0.25, 0.3) is 0 Å². The molecule has 1 atom stereocenters. The lowest BCUT2D eigenvalue weighted by Crippen LogP contribution is -1.92. The van der Waals surface area contributed by atoms with Crippen LogP contribution >= 0.6 is 70.5 Å². The Morgan fingerprint density at radius 2 is 2.13 bits per heavy atom. The van der Waals surface area contributed by atoms with Gasteiger partial charge in [-0.05, 0) is 72.3 Å². The average molecular weight is 431 g/mol. The van der Waals surface area contributed by atoms with Gasteiger partial charge in [0.25, 0.3) is 0 Å². The van der Waals surface area contributed by atoms with E-state index in [1.165, 1.54) is 18.7 Å². The largest absolute Gasteiger partial charge is 0.152 e. The third kappa shape index (κ3) is 3.16. The highest BCUT2D eigenvalue weighted by Gasteiger charge is 2.14. The standard InChI is InChI=1S/C10H7Br3S2/c11-8(3-6-1-2-14-5-6)7-4-9(12)15-10(7)13/h1-2,4-5,8H,3H2. The quantitative estimate of drug-likeness (QED) is 0.523. The zero-order valence-corrected chi connectivity index (χ0v) is 13.9. The van der Waals surface area contributed by atoms with Crippen LogP contribution in [0.1, 0.15) is 16.0 Å². The third-order valence-electron chi connectivity index (χ3n) is 2.02. The van der Waals surface area contributed by atoms with E-state index in [4.69, 9.17) is 0 Å². The van der Waals surface area contributed by atoms with Crippen LogP contribution in [0.4, 0.5) is 0 Å². The molecule has 2 rings (SSSR count). The first-order valence-electron chi connectivity index (χ1n) is 4.26. The van der Waals surface area contributed by atoms with Gasteiger partial charge in [-0.2, -0.15) is 11.3 Å². The van der Waals surface area contributed by atoms with Crippen molar-refractivity contribution < 1.29 is 0 Å². The van der Waals surface area contributed by atoms with Gasteiger partial charge in [-0.3, -0.25) is 0 Å². The molecule has 0 nitrogen and oxygen atoms in total. The van der Waals surface area contributed by atoms with Gasteiger partial charge in [-0.25, -0.2) is 0 Å². The smallest absolute Gasteiger partial charge is 0.0753 e. The van der Waals surface area contributed by atoms with Crippen molar-refractivity contribution in [3.05, 3.63) is 41.6 Å². The van der Waals surface area contributed by atoms with Crippen molar-refractivity contribution in [3.8, 4) is 0 Å². The van der Waals surface area contributed by atoms with E-state index >= 15 is 0 Å². The van der Waals surface area contributed by atoms with Gasteiger partial charge in [0, 0.05) is 4.83 Å². The monoisotopic (exact) mass is 428 g/mol. The molecule has 0 N–H and O–H groups in total. The lowest BCUT2D eigenvalue weighted by atomic mass is 10.1. The molecule has 0 saturated carbocycles. The van der Waals surface area contributed by atoms with Crippen LogP contribution in [0.3, 0.4) is 0 Å². The van der Waals surface area contributed by atoms with E-state index in [0.29, 0.717) is 4.83 Å². The Morgan fingerprint density at radius 3 is 2.67 bits per heavy atom. The Balaban J connectivity index is 2.14. The molecule has 0 bridgehead atoms. The van der Waals surface area contributed by atoms with Crippen LogP contribution in [0.15, 0.2) is 30.5 Å². The van der Waals surface area contributed by atoms with Crippen LogP contribution in [-0.2, 0) is 6.42 Å². The zero-order chi connectivity index (χ0) is 10.8. The van der Waals surface area contributed by atoms with E-state index in [1.807, 2.05) is 0 Å².